The van der Waals surface area contributed by atoms with Crippen LogP contribution in [0.15, 0.2) is 59.9 Å². The molecule has 2 aromatic carbocycles. The Hall–Kier alpha value is -2.89. The largest absolute Gasteiger partial charge is 0.357 e. The van der Waals surface area contributed by atoms with Crippen LogP contribution in [0, 0.1) is 5.82 Å². The average molecular weight is 367 g/mol. The van der Waals surface area contributed by atoms with E-state index in [1.807, 2.05) is 43.6 Å². The zero-order valence-electron chi connectivity index (χ0n) is 15.7. The molecule has 27 heavy (non-hydrogen) atoms. The lowest BCUT2D eigenvalue weighted by molar-refractivity contribution is 0.606. The van der Waals surface area contributed by atoms with Gasteiger partial charge in [-0.25, -0.2) is 9.37 Å². The summed E-state index contributed by atoms with van der Waals surface area (Å²) in [6.07, 6.45) is 3.43. The van der Waals surface area contributed by atoms with Gasteiger partial charge in [0.05, 0.1) is 17.4 Å². The maximum atomic E-state index is 13.7. The minimum atomic E-state index is -0.159. The third-order valence-electron chi connectivity index (χ3n) is 4.34. The van der Waals surface area contributed by atoms with Crippen molar-refractivity contribution < 1.29 is 4.39 Å². The number of benzene rings is 2. The molecule has 142 valence electrons. The van der Waals surface area contributed by atoms with E-state index in [9.17, 15) is 4.39 Å². The Balaban J connectivity index is 1.47. The maximum absolute atomic E-state index is 13.7. The van der Waals surface area contributed by atoms with Gasteiger partial charge in [-0.1, -0.05) is 30.3 Å². The summed E-state index contributed by atoms with van der Waals surface area (Å²) in [5.41, 5.74) is 2.88. The third kappa shape index (κ3) is 5.29. The van der Waals surface area contributed by atoms with E-state index in [0.717, 1.165) is 36.5 Å². The van der Waals surface area contributed by atoms with Crippen LogP contribution >= 0.6 is 0 Å². The van der Waals surface area contributed by atoms with E-state index >= 15 is 0 Å². The summed E-state index contributed by atoms with van der Waals surface area (Å²) in [4.78, 5) is 9.02. The highest BCUT2D eigenvalue weighted by molar-refractivity contribution is 5.79. The third-order valence-corrected chi connectivity index (χ3v) is 4.34. The summed E-state index contributed by atoms with van der Waals surface area (Å²) >= 11 is 0. The number of hydrogen-bond donors (Lipinski definition) is 2. The fourth-order valence-corrected chi connectivity index (χ4v) is 2.98. The number of halogens is 1. The van der Waals surface area contributed by atoms with Crippen molar-refractivity contribution in [2.24, 2.45) is 4.99 Å². The van der Waals surface area contributed by atoms with Crippen molar-refractivity contribution in [3.8, 4) is 0 Å². The second kappa shape index (κ2) is 9.71. The highest BCUT2D eigenvalue weighted by Crippen LogP contribution is 2.12. The molecule has 0 aliphatic carbocycles. The smallest absolute Gasteiger partial charge is 0.191 e. The lowest BCUT2D eigenvalue weighted by Gasteiger charge is -2.11. The molecule has 0 saturated heterocycles. The number of fused-ring (bicyclic) bond motifs is 1. The zero-order chi connectivity index (χ0) is 18.9. The van der Waals surface area contributed by atoms with Crippen molar-refractivity contribution in [1.82, 2.24) is 20.2 Å². The molecule has 1 heterocycles. The van der Waals surface area contributed by atoms with Gasteiger partial charge in [-0.05, 0) is 43.5 Å². The van der Waals surface area contributed by atoms with Crippen molar-refractivity contribution in [3.63, 3.8) is 0 Å². The molecule has 0 atom stereocenters. The SMILES string of the molecule is CCNC(=NCCCn1cnc2ccccc21)NCCc1ccccc1F. The van der Waals surface area contributed by atoms with Crippen LogP contribution in [0.2, 0.25) is 0 Å². The number of nitrogens with zero attached hydrogens (tertiary/aromatic N) is 3. The Bertz CT molecular complexity index is 887. The van der Waals surface area contributed by atoms with E-state index in [0.29, 0.717) is 25.1 Å². The van der Waals surface area contributed by atoms with E-state index in [1.165, 1.54) is 6.07 Å². The predicted molar refractivity (Wildman–Crippen MR) is 108 cm³/mol. The van der Waals surface area contributed by atoms with Crippen LogP contribution in [0.5, 0.6) is 0 Å². The highest BCUT2D eigenvalue weighted by atomic mass is 19.1. The minimum absolute atomic E-state index is 0.159. The Labute approximate surface area is 159 Å². The van der Waals surface area contributed by atoms with E-state index in [1.54, 1.807) is 6.07 Å². The van der Waals surface area contributed by atoms with E-state index in [4.69, 9.17) is 0 Å². The fraction of sp³-hybridized carbons (Fsp3) is 0.333. The lowest BCUT2D eigenvalue weighted by Crippen LogP contribution is -2.38. The Morgan fingerprint density at radius 2 is 1.93 bits per heavy atom. The molecule has 0 radical (unpaired) electrons. The molecule has 0 bridgehead atoms. The zero-order valence-corrected chi connectivity index (χ0v) is 15.7. The van der Waals surface area contributed by atoms with Crippen LogP contribution in [0.1, 0.15) is 18.9 Å². The highest BCUT2D eigenvalue weighted by Gasteiger charge is 2.03. The minimum Gasteiger partial charge on any atom is -0.357 e. The summed E-state index contributed by atoms with van der Waals surface area (Å²) < 4.78 is 15.8. The molecule has 0 saturated carbocycles. The van der Waals surface area contributed by atoms with Gasteiger partial charge in [0.1, 0.15) is 5.82 Å². The van der Waals surface area contributed by atoms with Gasteiger partial charge >= 0.3 is 0 Å². The number of aromatic nitrogens is 2. The molecule has 0 aliphatic heterocycles. The summed E-state index contributed by atoms with van der Waals surface area (Å²) in [7, 11) is 0. The van der Waals surface area contributed by atoms with Crippen molar-refractivity contribution >= 4 is 17.0 Å². The first kappa shape index (κ1) is 18.9. The van der Waals surface area contributed by atoms with Gasteiger partial charge in [0.15, 0.2) is 5.96 Å². The van der Waals surface area contributed by atoms with Crippen LogP contribution < -0.4 is 10.6 Å². The summed E-state index contributed by atoms with van der Waals surface area (Å²) in [5, 5.41) is 6.51. The van der Waals surface area contributed by atoms with Gasteiger partial charge in [-0.15, -0.1) is 0 Å². The van der Waals surface area contributed by atoms with Crippen molar-refractivity contribution in [1.29, 1.82) is 0 Å². The molecule has 0 aliphatic rings. The van der Waals surface area contributed by atoms with Gasteiger partial charge in [-0.3, -0.25) is 4.99 Å². The van der Waals surface area contributed by atoms with Crippen LogP contribution in [0.4, 0.5) is 4.39 Å². The number of hydrogen-bond acceptors (Lipinski definition) is 2. The molecule has 5 nitrogen and oxygen atoms in total. The molecular weight excluding hydrogens is 341 g/mol. The number of imidazole rings is 1. The van der Waals surface area contributed by atoms with Crippen molar-refractivity contribution in [2.45, 2.75) is 26.3 Å². The second-order valence-electron chi connectivity index (χ2n) is 6.31. The first-order valence-corrected chi connectivity index (χ1v) is 9.43. The molecule has 0 spiro atoms. The maximum Gasteiger partial charge on any atom is 0.191 e. The molecular formula is C21H26FN5. The standard InChI is InChI=1S/C21H26FN5/c1-2-23-21(25-14-12-17-8-3-4-9-18(17)22)24-13-7-15-27-16-26-19-10-5-6-11-20(19)27/h3-6,8-11,16H,2,7,12-15H2,1H3,(H2,23,24,25). The van der Waals surface area contributed by atoms with Crippen molar-refractivity contribution in [3.05, 3.63) is 66.2 Å². The van der Waals surface area contributed by atoms with Crippen LogP contribution in [-0.2, 0) is 13.0 Å². The summed E-state index contributed by atoms with van der Waals surface area (Å²) in [6, 6.07) is 15.0. The number of rotatable bonds is 8. The molecule has 6 heteroatoms. The van der Waals surface area contributed by atoms with Gasteiger partial charge in [0, 0.05) is 26.2 Å². The van der Waals surface area contributed by atoms with Crippen LogP contribution in [-0.4, -0.2) is 35.1 Å². The molecule has 2 N–H and O–H groups in total. The monoisotopic (exact) mass is 367 g/mol. The number of para-hydroxylation sites is 2. The van der Waals surface area contributed by atoms with E-state index in [-0.39, 0.29) is 5.82 Å². The van der Waals surface area contributed by atoms with Gasteiger partial charge < -0.3 is 15.2 Å². The molecule has 0 fully saturated rings. The average Bonchev–Trinajstić information content (AvgIpc) is 3.10. The fourth-order valence-electron chi connectivity index (χ4n) is 2.98. The Morgan fingerprint density at radius 3 is 2.78 bits per heavy atom. The topological polar surface area (TPSA) is 54.2 Å². The van der Waals surface area contributed by atoms with Crippen molar-refractivity contribution in [2.75, 3.05) is 19.6 Å². The molecule has 1 aromatic heterocycles. The Kier molecular flexibility index (Phi) is 6.79. The van der Waals surface area contributed by atoms with E-state index in [2.05, 4.69) is 31.2 Å². The van der Waals surface area contributed by atoms with Gasteiger partial charge in [0.2, 0.25) is 0 Å². The quantitative estimate of drug-likeness (QED) is 0.365. The van der Waals surface area contributed by atoms with E-state index < -0.39 is 0 Å². The van der Waals surface area contributed by atoms with Gasteiger partial charge in [-0.2, -0.15) is 0 Å². The Morgan fingerprint density at radius 1 is 1.11 bits per heavy atom. The first-order valence-electron chi connectivity index (χ1n) is 9.43. The van der Waals surface area contributed by atoms with Crippen LogP contribution in [0.25, 0.3) is 11.0 Å². The number of nitrogens with one attached hydrogen (secondary N) is 2. The lowest BCUT2D eigenvalue weighted by atomic mass is 10.1. The molecule has 0 unspecified atom stereocenters. The van der Waals surface area contributed by atoms with Crippen LogP contribution in [0.3, 0.4) is 0 Å². The summed E-state index contributed by atoms with van der Waals surface area (Å²) in [5.74, 6) is 0.609. The molecule has 3 aromatic rings. The molecule has 3 rings (SSSR count). The second-order valence-corrected chi connectivity index (χ2v) is 6.31. The number of aryl methyl sites for hydroxylation is 1. The number of guanidine groups is 1. The summed E-state index contributed by atoms with van der Waals surface area (Å²) in [6.45, 7) is 5.04. The predicted octanol–water partition coefficient (Wildman–Crippen LogP) is 3.36. The normalized spacial score (nSPS) is 11.7. The molecule has 0 amide bonds. The number of aliphatic imine (C=N–C) groups is 1. The first-order chi connectivity index (χ1) is 13.3. The van der Waals surface area contributed by atoms with Gasteiger partial charge in [0.25, 0.3) is 0 Å².